The zero-order valence-electron chi connectivity index (χ0n) is 24.4. The number of H-pyrrole nitrogens is 1. The van der Waals surface area contributed by atoms with Crippen LogP contribution >= 0.6 is 39.0 Å². The first-order valence-corrected chi connectivity index (χ1v) is 17.5. The van der Waals surface area contributed by atoms with E-state index < -0.39 is 5.92 Å². The molecular formula is C34H28BrN3O6S2. The van der Waals surface area contributed by atoms with Crippen LogP contribution in [0, 0.1) is 36.5 Å². The van der Waals surface area contributed by atoms with E-state index in [-0.39, 0.29) is 69.8 Å². The Labute approximate surface area is 280 Å². The van der Waals surface area contributed by atoms with Gasteiger partial charge >= 0.3 is 4.87 Å². The van der Waals surface area contributed by atoms with Gasteiger partial charge in [-0.05, 0) is 85.7 Å². The van der Waals surface area contributed by atoms with Gasteiger partial charge in [0, 0.05) is 31.8 Å². The third kappa shape index (κ3) is 4.72. The van der Waals surface area contributed by atoms with E-state index in [4.69, 9.17) is 4.74 Å². The third-order valence-corrected chi connectivity index (χ3v) is 12.9. The second-order valence-corrected chi connectivity index (χ2v) is 15.5. The number of aryl methyl sites for hydroxylation is 1. The van der Waals surface area contributed by atoms with Gasteiger partial charge in [-0.1, -0.05) is 45.0 Å². The van der Waals surface area contributed by atoms with Gasteiger partial charge in [-0.2, -0.15) is 0 Å². The number of phenols is 1. The zero-order chi connectivity index (χ0) is 31.9. The summed E-state index contributed by atoms with van der Waals surface area (Å²) in [6.07, 6.45) is 0.770. The predicted octanol–water partition coefficient (Wildman–Crippen LogP) is 5.91. The topological polar surface area (TPSA) is 129 Å². The molecule has 4 aliphatic rings. The van der Waals surface area contributed by atoms with Crippen LogP contribution in [0.15, 0.2) is 81.0 Å². The number of rotatable bonds is 6. The number of imide groups is 1. The minimum atomic E-state index is -0.423. The number of fused-ring (bicyclic) bond motifs is 9. The highest BCUT2D eigenvalue weighted by Crippen LogP contribution is 2.69. The highest BCUT2D eigenvalue weighted by molar-refractivity contribution is 9.10. The molecule has 8 rings (SSSR count). The van der Waals surface area contributed by atoms with Crippen molar-refractivity contribution >= 4 is 68.1 Å². The van der Waals surface area contributed by atoms with Crippen LogP contribution in [-0.2, 0) is 14.4 Å². The fraction of sp³-hybridized carbons (Fsp3) is 0.294. The summed E-state index contributed by atoms with van der Waals surface area (Å²) >= 11 is 6.42. The van der Waals surface area contributed by atoms with Crippen molar-refractivity contribution in [2.45, 2.75) is 29.5 Å². The summed E-state index contributed by atoms with van der Waals surface area (Å²) in [6.45, 7) is 1.72. The number of thiazole rings is 1. The van der Waals surface area contributed by atoms with E-state index in [0.717, 1.165) is 31.9 Å². The SMILES string of the molecule is Cc1ccc(N2C(=O)C3C4CC(C3C2=O)C2C4Sc3[nH]c(=O)sc3[C@@H]2c2cc(Br)ccc2OCC(=O)Nc2ccc(O)cc2)cc1. The highest BCUT2D eigenvalue weighted by atomic mass is 79.9. The predicted molar refractivity (Wildman–Crippen MR) is 179 cm³/mol. The molecule has 2 saturated carbocycles. The van der Waals surface area contributed by atoms with Crippen molar-refractivity contribution in [1.82, 2.24) is 4.98 Å². The van der Waals surface area contributed by atoms with Crippen molar-refractivity contribution < 1.29 is 24.2 Å². The molecule has 7 atom stereocenters. The Morgan fingerprint density at radius 1 is 1.02 bits per heavy atom. The molecule has 2 bridgehead atoms. The average molecular weight is 719 g/mol. The number of hydrogen-bond donors (Lipinski definition) is 3. The first kappa shape index (κ1) is 29.5. The monoisotopic (exact) mass is 717 g/mol. The van der Waals surface area contributed by atoms with Crippen LogP contribution in [0.3, 0.4) is 0 Å². The minimum absolute atomic E-state index is 0.0106. The van der Waals surface area contributed by atoms with Gasteiger partial charge < -0.3 is 20.1 Å². The fourth-order valence-corrected chi connectivity index (χ4v) is 11.4. The second-order valence-electron chi connectivity index (χ2n) is 12.4. The number of hydrogen-bond acceptors (Lipinski definition) is 8. The van der Waals surface area contributed by atoms with E-state index in [9.17, 15) is 24.3 Å². The molecule has 3 fully saturated rings. The van der Waals surface area contributed by atoms with Gasteiger partial charge in [-0.3, -0.25) is 24.1 Å². The number of aromatic nitrogens is 1. The van der Waals surface area contributed by atoms with Crippen molar-refractivity contribution in [3.05, 3.63) is 96.9 Å². The van der Waals surface area contributed by atoms with Gasteiger partial charge in [-0.25, -0.2) is 0 Å². The number of aromatic hydroxyl groups is 1. The highest BCUT2D eigenvalue weighted by Gasteiger charge is 2.69. The molecule has 3 aromatic carbocycles. The Bertz CT molecular complexity index is 1960. The number of halogens is 1. The molecule has 0 spiro atoms. The molecule has 2 aliphatic carbocycles. The lowest BCUT2D eigenvalue weighted by atomic mass is 9.68. The molecule has 4 aromatic rings. The third-order valence-electron chi connectivity index (χ3n) is 9.83. The number of anilines is 2. The number of carbonyl (C=O) groups is 3. The average Bonchev–Trinajstić information content (AvgIpc) is 3.77. The van der Waals surface area contributed by atoms with E-state index in [2.05, 4.69) is 26.2 Å². The molecule has 3 heterocycles. The maximum absolute atomic E-state index is 14.1. The normalized spacial score (nSPS) is 27.3. The summed E-state index contributed by atoms with van der Waals surface area (Å²) in [4.78, 5) is 58.7. The van der Waals surface area contributed by atoms with Crippen LogP contribution < -0.4 is 19.8 Å². The molecule has 9 nitrogen and oxygen atoms in total. The number of ether oxygens (including phenoxy) is 1. The molecule has 12 heteroatoms. The van der Waals surface area contributed by atoms with Crippen LogP contribution in [0.5, 0.6) is 11.5 Å². The summed E-state index contributed by atoms with van der Waals surface area (Å²) in [7, 11) is 0. The largest absolute Gasteiger partial charge is 0.508 e. The second kappa shape index (κ2) is 11.1. The molecule has 234 valence electrons. The quantitative estimate of drug-likeness (QED) is 0.167. The summed E-state index contributed by atoms with van der Waals surface area (Å²) in [5.41, 5.74) is 3.02. The van der Waals surface area contributed by atoms with Gasteiger partial charge in [0.15, 0.2) is 6.61 Å². The van der Waals surface area contributed by atoms with Crippen molar-refractivity contribution in [2.24, 2.45) is 29.6 Å². The van der Waals surface area contributed by atoms with Crippen LogP contribution in [0.1, 0.15) is 28.3 Å². The number of phenolic OH excluding ortho intramolecular Hbond substituents is 1. The van der Waals surface area contributed by atoms with Crippen molar-refractivity contribution in [1.29, 1.82) is 0 Å². The molecule has 3 amide bonds. The maximum atomic E-state index is 14.1. The summed E-state index contributed by atoms with van der Waals surface area (Å²) in [5, 5.41) is 13.1. The number of thioether (sulfide) groups is 1. The minimum Gasteiger partial charge on any atom is -0.508 e. The number of nitrogens with one attached hydrogen (secondary N) is 2. The van der Waals surface area contributed by atoms with Gasteiger partial charge in [0.2, 0.25) is 11.8 Å². The molecule has 1 saturated heterocycles. The van der Waals surface area contributed by atoms with Crippen molar-refractivity contribution in [2.75, 3.05) is 16.8 Å². The molecule has 0 radical (unpaired) electrons. The van der Waals surface area contributed by atoms with E-state index in [0.29, 0.717) is 17.1 Å². The first-order valence-electron chi connectivity index (χ1n) is 15.0. The lowest BCUT2D eigenvalue weighted by Gasteiger charge is -2.43. The standard InChI is InChI=1S/C34H28BrN3O6S2/c1-15-2-7-18(8-3-15)38-32(41)27-21-13-22(28(27)33(38)42)29-26(21)25(30-31(45-29)37-34(43)46-30)20-12-16(35)4-11-23(20)44-14-24(40)36-17-5-9-19(39)10-6-17/h2-12,21-22,25-29,39H,13-14H2,1H3,(H,36,40)(H,37,43)/t21?,22?,25-,26?,27?,28?,29?/m1/s1. The first-order chi connectivity index (χ1) is 22.2. The number of amides is 3. The number of carbonyl (C=O) groups excluding carboxylic acids is 3. The smallest absolute Gasteiger partial charge is 0.305 e. The Hall–Kier alpha value is -3.87. The van der Waals surface area contributed by atoms with Gasteiger partial charge in [0.25, 0.3) is 5.91 Å². The Morgan fingerprint density at radius 3 is 2.48 bits per heavy atom. The number of benzene rings is 3. The Balaban J connectivity index is 1.14. The van der Waals surface area contributed by atoms with Crippen molar-refractivity contribution in [3.8, 4) is 11.5 Å². The molecule has 1 aromatic heterocycles. The summed E-state index contributed by atoms with van der Waals surface area (Å²) < 4.78 is 6.98. The van der Waals surface area contributed by atoms with Crippen LogP contribution in [0.25, 0.3) is 0 Å². The van der Waals surface area contributed by atoms with Crippen LogP contribution in [-0.4, -0.2) is 39.7 Å². The van der Waals surface area contributed by atoms with E-state index in [1.807, 2.05) is 49.4 Å². The summed E-state index contributed by atoms with van der Waals surface area (Å²) in [6, 6.07) is 19.3. The number of aromatic amines is 1. The van der Waals surface area contributed by atoms with Crippen molar-refractivity contribution in [3.63, 3.8) is 0 Å². The summed E-state index contributed by atoms with van der Waals surface area (Å²) in [5.74, 6) is -1.19. The van der Waals surface area contributed by atoms with Gasteiger partial charge in [0.1, 0.15) is 11.5 Å². The number of nitrogens with zero attached hydrogens (tertiary/aromatic N) is 1. The Morgan fingerprint density at radius 2 is 1.74 bits per heavy atom. The van der Waals surface area contributed by atoms with Gasteiger partial charge in [-0.15, -0.1) is 11.8 Å². The zero-order valence-corrected chi connectivity index (χ0v) is 27.7. The van der Waals surface area contributed by atoms with E-state index in [1.54, 1.807) is 23.9 Å². The molecule has 6 unspecified atom stereocenters. The van der Waals surface area contributed by atoms with Crippen LogP contribution in [0.2, 0.25) is 0 Å². The fourth-order valence-electron chi connectivity index (χ4n) is 8.09. The lowest BCUT2D eigenvalue weighted by Crippen LogP contribution is -2.42. The maximum Gasteiger partial charge on any atom is 0.305 e. The molecule has 3 N–H and O–H groups in total. The molecule has 2 aliphatic heterocycles. The molecule has 46 heavy (non-hydrogen) atoms. The molecular weight excluding hydrogens is 690 g/mol. The van der Waals surface area contributed by atoms with E-state index in [1.165, 1.54) is 28.4 Å². The van der Waals surface area contributed by atoms with E-state index >= 15 is 0 Å². The Kier molecular flexibility index (Phi) is 7.15. The van der Waals surface area contributed by atoms with Crippen LogP contribution in [0.4, 0.5) is 11.4 Å². The lowest BCUT2D eigenvalue weighted by molar-refractivity contribution is -0.123. The van der Waals surface area contributed by atoms with Gasteiger partial charge in [0.05, 0.1) is 22.5 Å².